The van der Waals surface area contributed by atoms with Crippen molar-refractivity contribution >= 4 is 11.6 Å². The van der Waals surface area contributed by atoms with Crippen LogP contribution in [0.5, 0.6) is 0 Å². The predicted molar refractivity (Wildman–Crippen MR) is 73.5 cm³/mol. The van der Waals surface area contributed by atoms with Crippen LogP contribution in [0.2, 0.25) is 5.02 Å². The summed E-state index contributed by atoms with van der Waals surface area (Å²) in [5, 5.41) is 3.61. The van der Waals surface area contributed by atoms with Crippen LogP contribution in [-0.2, 0) is 6.54 Å². The molecule has 0 aliphatic carbocycles. The lowest BCUT2D eigenvalue weighted by Gasteiger charge is -2.07. The Bertz CT molecular complexity index is 554. The molecule has 1 aromatic carbocycles. The largest absolute Gasteiger partial charge is 0.443 e. The monoisotopic (exact) mass is 282 g/mol. The van der Waals surface area contributed by atoms with E-state index in [4.69, 9.17) is 16.0 Å². The molecular formula is C14H16ClFN2O. The van der Waals surface area contributed by atoms with Crippen molar-refractivity contribution in [2.24, 2.45) is 5.92 Å². The van der Waals surface area contributed by atoms with Gasteiger partial charge in [0.2, 0.25) is 0 Å². The van der Waals surface area contributed by atoms with Gasteiger partial charge in [0, 0.05) is 12.1 Å². The van der Waals surface area contributed by atoms with E-state index in [1.165, 1.54) is 18.5 Å². The van der Waals surface area contributed by atoms with E-state index >= 15 is 0 Å². The highest BCUT2D eigenvalue weighted by molar-refractivity contribution is 6.33. The molecule has 1 N–H and O–H groups in total. The average molecular weight is 283 g/mol. The third kappa shape index (κ3) is 3.55. The topological polar surface area (TPSA) is 38.1 Å². The van der Waals surface area contributed by atoms with Gasteiger partial charge in [-0.2, -0.15) is 0 Å². The molecule has 102 valence electrons. The molecule has 0 amide bonds. The van der Waals surface area contributed by atoms with Gasteiger partial charge in [0.15, 0.2) is 12.2 Å². The second kappa shape index (κ2) is 6.17. The molecular weight excluding hydrogens is 267 g/mol. The van der Waals surface area contributed by atoms with E-state index in [9.17, 15) is 4.39 Å². The molecule has 0 radical (unpaired) electrons. The molecule has 3 nitrogen and oxygen atoms in total. The van der Waals surface area contributed by atoms with Gasteiger partial charge in [-0.3, -0.25) is 0 Å². The van der Waals surface area contributed by atoms with E-state index < -0.39 is 0 Å². The lowest BCUT2D eigenvalue weighted by atomic mass is 10.1. The van der Waals surface area contributed by atoms with Crippen LogP contribution in [0, 0.1) is 11.7 Å². The van der Waals surface area contributed by atoms with Crippen LogP contribution < -0.4 is 5.32 Å². The zero-order valence-corrected chi connectivity index (χ0v) is 11.7. The lowest BCUT2D eigenvalue weighted by molar-refractivity contribution is 0.545. The first-order valence-corrected chi connectivity index (χ1v) is 6.54. The smallest absolute Gasteiger partial charge is 0.181 e. The van der Waals surface area contributed by atoms with Gasteiger partial charge in [0.25, 0.3) is 0 Å². The molecule has 0 fully saturated rings. The van der Waals surface area contributed by atoms with Crippen molar-refractivity contribution in [3.05, 3.63) is 41.1 Å². The van der Waals surface area contributed by atoms with Gasteiger partial charge < -0.3 is 9.73 Å². The average Bonchev–Trinajstić information content (AvgIpc) is 2.77. The molecule has 0 atom stereocenters. The van der Waals surface area contributed by atoms with Crippen molar-refractivity contribution < 1.29 is 8.81 Å². The van der Waals surface area contributed by atoms with E-state index in [0.717, 1.165) is 12.2 Å². The summed E-state index contributed by atoms with van der Waals surface area (Å²) < 4.78 is 18.4. The summed E-state index contributed by atoms with van der Waals surface area (Å²) in [6.07, 6.45) is 1.38. The summed E-state index contributed by atoms with van der Waals surface area (Å²) in [6, 6.07) is 4.23. The van der Waals surface area contributed by atoms with E-state index in [-0.39, 0.29) is 5.82 Å². The minimum Gasteiger partial charge on any atom is -0.443 e. The molecule has 0 bridgehead atoms. The second-order valence-corrected chi connectivity index (χ2v) is 5.18. The molecule has 5 heteroatoms. The van der Waals surface area contributed by atoms with Crippen molar-refractivity contribution in [2.45, 2.75) is 20.4 Å². The van der Waals surface area contributed by atoms with Crippen LogP contribution in [0.25, 0.3) is 11.3 Å². The Morgan fingerprint density at radius 3 is 2.89 bits per heavy atom. The number of halogens is 2. The molecule has 1 aromatic heterocycles. The Hall–Kier alpha value is -1.39. The maximum atomic E-state index is 13.0. The van der Waals surface area contributed by atoms with E-state index in [1.54, 1.807) is 6.07 Å². The molecule has 0 spiro atoms. The fourth-order valence-corrected chi connectivity index (χ4v) is 2.02. The third-order valence-electron chi connectivity index (χ3n) is 2.66. The number of rotatable bonds is 5. The van der Waals surface area contributed by atoms with Crippen LogP contribution in [-0.4, -0.2) is 11.5 Å². The number of aromatic nitrogens is 1. The number of hydrogen-bond acceptors (Lipinski definition) is 3. The molecule has 1 heterocycles. The van der Waals surface area contributed by atoms with Crippen LogP contribution in [0.3, 0.4) is 0 Å². The molecule has 0 saturated heterocycles. The lowest BCUT2D eigenvalue weighted by Crippen LogP contribution is -2.19. The number of nitrogens with zero attached hydrogens (tertiary/aromatic N) is 1. The van der Waals surface area contributed by atoms with Gasteiger partial charge in [-0.25, -0.2) is 9.37 Å². The molecule has 0 aliphatic heterocycles. The zero-order valence-electron chi connectivity index (χ0n) is 10.9. The van der Waals surface area contributed by atoms with E-state index in [1.807, 2.05) is 0 Å². The Morgan fingerprint density at radius 2 is 2.21 bits per heavy atom. The summed E-state index contributed by atoms with van der Waals surface area (Å²) in [5.74, 6) is 0.777. The molecule has 0 aliphatic rings. The molecule has 2 aromatic rings. The Morgan fingerprint density at radius 1 is 1.42 bits per heavy atom. The first-order chi connectivity index (χ1) is 9.08. The first-order valence-electron chi connectivity index (χ1n) is 6.16. The van der Waals surface area contributed by atoms with Gasteiger partial charge in [-0.1, -0.05) is 25.4 Å². The predicted octanol–water partition coefficient (Wildman–Crippen LogP) is 3.88. The minimum absolute atomic E-state index is 0.321. The molecule has 2 rings (SSSR count). The van der Waals surface area contributed by atoms with Crippen molar-refractivity contribution in [1.82, 2.24) is 10.3 Å². The molecule has 19 heavy (non-hydrogen) atoms. The van der Waals surface area contributed by atoms with Gasteiger partial charge in [-0.15, -0.1) is 0 Å². The number of benzene rings is 1. The van der Waals surface area contributed by atoms with Crippen LogP contribution in [0.1, 0.15) is 19.5 Å². The van der Waals surface area contributed by atoms with Crippen molar-refractivity contribution in [3.63, 3.8) is 0 Å². The molecule has 0 saturated carbocycles. The van der Waals surface area contributed by atoms with Crippen LogP contribution >= 0.6 is 11.6 Å². The number of oxazole rings is 1. The summed E-state index contributed by atoms with van der Waals surface area (Å²) >= 11 is 6.03. The second-order valence-electron chi connectivity index (χ2n) is 4.78. The van der Waals surface area contributed by atoms with Gasteiger partial charge in [0.1, 0.15) is 11.5 Å². The quantitative estimate of drug-likeness (QED) is 0.904. The fraction of sp³-hybridized carbons (Fsp3) is 0.357. The highest BCUT2D eigenvalue weighted by Crippen LogP contribution is 2.30. The molecule has 0 unspecified atom stereocenters. The minimum atomic E-state index is -0.368. The summed E-state index contributed by atoms with van der Waals surface area (Å²) in [4.78, 5) is 4.17. The number of nitrogens with one attached hydrogen (secondary N) is 1. The van der Waals surface area contributed by atoms with Gasteiger partial charge >= 0.3 is 0 Å². The Balaban J connectivity index is 2.19. The highest BCUT2D eigenvalue weighted by atomic mass is 35.5. The van der Waals surface area contributed by atoms with Crippen LogP contribution in [0.15, 0.2) is 29.0 Å². The maximum absolute atomic E-state index is 13.0. The van der Waals surface area contributed by atoms with Crippen molar-refractivity contribution in [2.75, 3.05) is 6.54 Å². The maximum Gasteiger partial charge on any atom is 0.181 e. The third-order valence-corrected chi connectivity index (χ3v) is 2.97. The van der Waals surface area contributed by atoms with Crippen molar-refractivity contribution in [1.29, 1.82) is 0 Å². The van der Waals surface area contributed by atoms with Gasteiger partial charge in [0.05, 0.1) is 5.02 Å². The van der Waals surface area contributed by atoms with Gasteiger partial charge in [-0.05, 0) is 30.7 Å². The standard InChI is InChI=1S/C14H16ClFN2O/c1-9(2)6-17-7-13-14(19-8-18-13)11-4-3-10(16)5-12(11)15/h3-5,8-9,17H,6-7H2,1-2H3. The summed E-state index contributed by atoms with van der Waals surface area (Å²) in [6.45, 7) is 5.75. The Labute approximate surface area is 116 Å². The van der Waals surface area contributed by atoms with Crippen LogP contribution in [0.4, 0.5) is 4.39 Å². The first kappa shape index (κ1) is 14.0. The summed E-state index contributed by atoms with van der Waals surface area (Å²) in [7, 11) is 0. The van der Waals surface area contributed by atoms with E-state index in [0.29, 0.717) is 28.8 Å². The summed E-state index contributed by atoms with van der Waals surface area (Å²) in [5.41, 5.74) is 1.43. The number of hydrogen-bond donors (Lipinski definition) is 1. The SMILES string of the molecule is CC(C)CNCc1ncoc1-c1ccc(F)cc1Cl. The Kier molecular flexibility index (Phi) is 4.56. The highest BCUT2D eigenvalue weighted by Gasteiger charge is 2.14. The fourth-order valence-electron chi connectivity index (χ4n) is 1.77. The normalized spacial score (nSPS) is 11.2. The van der Waals surface area contributed by atoms with Crippen molar-refractivity contribution in [3.8, 4) is 11.3 Å². The van der Waals surface area contributed by atoms with E-state index in [2.05, 4.69) is 24.1 Å². The zero-order chi connectivity index (χ0) is 13.8.